The number of thioether (sulfide) groups is 1. The van der Waals surface area contributed by atoms with Crippen LogP contribution in [0, 0.1) is 11.7 Å². The van der Waals surface area contributed by atoms with Crippen LogP contribution in [0.5, 0.6) is 0 Å². The fourth-order valence-electron chi connectivity index (χ4n) is 4.19. The van der Waals surface area contributed by atoms with Crippen LogP contribution < -0.4 is 11.1 Å². The highest BCUT2D eigenvalue weighted by atomic mass is 32.2. The number of hydrogen-bond donors (Lipinski definition) is 2. The number of fused-ring (bicyclic) bond motifs is 1. The van der Waals surface area contributed by atoms with Crippen LogP contribution in [0.25, 0.3) is 5.57 Å². The number of aliphatic imine (C=N–C) groups is 1. The summed E-state index contributed by atoms with van der Waals surface area (Å²) in [6.07, 6.45) is -1.69. The van der Waals surface area contributed by atoms with Crippen LogP contribution in [0.1, 0.15) is 28.8 Å². The van der Waals surface area contributed by atoms with Gasteiger partial charge in [-0.1, -0.05) is 6.07 Å². The van der Waals surface area contributed by atoms with Crippen LogP contribution in [0.3, 0.4) is 0 Å². The number of nitrogens with two attached hydrogens (primary N) is 1. The largest absolute Gasteiger partial charge is 0.411 e. The molecule has 1 saturated heterocycles. The Bertz CT molecular complexity index is 1070. The first kappa shape index (κ1) is 23.3. The van der Waals surface area contributed by atoms with Gasteiger partial charge in [0.1, 0.15) is 12.4 Å². The Morgan fingerprint density at radius 2 is 2.09 bits per heavy atom. The molecular weight excluding hydrogens is 462 g/mol. The van der Waals surface area contributed by atoms with Gasteiger partial charge in [0.2, 0.25) is 5.91 Å². The first-order chi connectivity index (χ1) is 15.6. The summed E-state index contributed by atoms with van der Waals surface area (Å²) >= 11 is 1.41. The molecule has 0 radical (unpaired) electrons. The summed E-state index contributed by atoms with van der Waals surface area (Å²) in [5.74, 6) is -2.22. The molecule has 2 amide bonds. The van der Waals surface area contributed by atoms with E-state index < -0.39 is 42.3 Å². The molecular formula is C21H21F4N5O2S. The van der Waals surface area contributed by atoms with Crippen LogP contribution in [0.2, 0.25) is 0 Å². The van der Waals surface area contributed by atoms with Gasteiger partial charge in [0.05, 0.1) is 23.5 Å². The van der Waals surface area contributed by atoms with Gasteiger partial charge < -0.3 is 11.1 Å². The number of halogens is 4. The molecule has 4 rings (SSSR count). The molecule has 7 nitrogen and oxygen atoms in total. The maximum Gasteiger partial charge on any atom is 0.411 e. The molecule has 0 aromatic heterocycles. The number of nitrogens with one attached hydrogen (secondary N) is 1. The number of hydrazone groups is 1. The smallest absolute Gasteiger partial charge is 0.366 e. The second-order valence-corrected chi connectivity index (χ2v) is 8.94. The van der Waals surface area contributed by atoms with Gasteiger partial charge in [-0.25, -0.2) is 4.39 Å². The number of primary amides is 1. The second-order valence-electron chi connectivity index (χ2n) is 7.91. The zero-order valence-electron chi connectivity index (χ0n) is 17.4. The van der Waals surface area contributed by atoms with Crippen molar-refractivity contribution in [1.82, 2.24) is 10.3 Å². The van der Waals surface area contributed by atoms with Gasteiger partial charge in [-0.05, 0) is 36.1 Å². The van der Waals surface area contributed by atoms with E-state index in [1.54, 1.807) is 6.21 Å². The summed E-state index contributed by atoms with van der Waals surface area (Å²) in [6.45, 7) is -0.558. The number of alkyl halides is 3. The average Bonchev–Trinajstić information content (AvgIpc) is 3.32. The molecule has 176 valence electrons. The molecule has 12 heteroatoms. The van der Waals surface area contributed by atoms with Crippen LogP contribution in [-0.4, -0.2) is 65.6 Å². The number of hydrogen-bond acceptors (Lipinski definition) is 6. The second kappa shape index (κ2) is 9.16. The molecule has 0 spiro atoms. The Hall–Kier alpha value is -2.89. The number of amides is 2. The van der Waals surface area contributed by atoms with E-state index in [4.69, 9.17) is 5.73 Å². The van der Waals surface area contributed by atoms with Crippen molar-refractivity contribution in [3.63, 3.8) is 0 Å². The van der Waals surface area contributed by atoms with Crippen molar-refractivity contribution in [2.24, 2.45) is 21.7 Å². The number of benzene rings is 1. The van der Waals surface area contributed by atoms with E-state index in [0.717, 1.165) is 11.1 Å². The van der Waals surface area contributed by atoms with E-state index in [1.165, 1.54) is 23.9 Å². The van der Waals surface area contributed by atoms with Crippen molar-refractivity contribution in [2.75, 3.05) is 24.6 Å². The van der Waals surface area contributed by atoms with Crippen molar-refractivity contribution in [2.45, 2.75) is 25.1 Å². The van der Waals surface area contributed by atoms with Crippen LogP contribution in [0.4, 0.5) is 17.6 Å². The molecule has 0 bridgehead atoms. The standard InChI is InChI=1S/C21H21F4N5O2S/c22-15-4-3-11(6-13(15)20(26)32)12-2-1-5-27-16(12)7-28-18(31)8-30-19(21(23,24)25)14-9-33-10-17(14)29-30/h3-6,14,19H,1-2,7-10H2,(H2,26,32)(H,28,31). The molecule has 1 fully saturated rings. The third kappa shape index (κ3) is 4.90. The Balaban J connectivity index is 1.47. The van der Waals surface area contributed by atoms with E-state index in [2.05, 4.69) is 15.4 Å². The SMILES string of the molecule is NC(=O)c1cc(C2=C(CNC(=O)CN3N=C4CSCC4C3C(F)(F)F)N=CCC2)ccc1F. The van der Waals surface area contributed by atoms with Crippen molar-refractivity contribution in [3.8, 4) is 0 Å². The number of allylic oxidation sites excluding steroid dienone is 1. The molecule has 0 saturated carbocycles. The summed E-state index contributed by atoms with van der Waals surface area (Å²) in [6, 6.07) is 2.16. The quantitative estimate of drug-likeness (QED) is 0.608. The highest BCUT2D eigenvalue weighted by Gasteiger charge is 2.55. The molecule has 3 heterocycles. The minimum absolute atomic E-state index is 0.0334. The molecule has 3 N–H and O–H groups in total. The predicted molar refractivity (Wildman–Crippen MR) is 117 cm³/mol. The van der Waals surface area contributed by atoms with Gasteiger partial charge in [0.15, 0.2) is 6.04 Å². The highest BCUT2D eigenvalue weighted by molar-refractivity contribution is 8.00. The first-order valence-electron chi connectivity index (χ1n) is 10.2. The van der Waals surface area contributed by atoms with Gasteiger partial charge in [0, 0.05) is 23.6 Å². The summed E-state index contributed by atoms with van der Waals surface area (Å²) in [5.41, 5.74) is 7.15. The van der Waals surface area contributed by atoms with E-state index in [9.17, 15) is 27.2 Å². The number of nitrogens with zero attached hydrogens (tertiary/aromatic N) is 3. The third-order valence-electron chi connectivity index (χ3n) is 5.73. The topological polar surface area (TPSA) is 100 Å². The third-order valence-corrected chi connectivity index (χ3v) is 6.82. The van der Waals surface area contributed by atoms with Crippen molar-refractivity contribution in [3.05, 3.63) is 40.8 Å². The van der Waals surface area contributed by atoms with E-state index in [-0.39, 0.29) is 12.1 Å². The predicted octanol–water partition coefficient (Wildman–Crippen LogP) is 2.58. The van der Waals surface area contributed by atoms with Crippen LogP contribution in [-0.2, 0) is 4.79 Å². The summed E-state index contributed by atoms with van der Waals surface area (Å²) in [4.78, 5) is 28.3. The van der Waals surface area contributed by atoms with Gasteiger partial charge >= 0.3 is 6.18 Å². The fraction of sp³-hybridized carbons (Fsp3) is 0.429. The molecule has 1 aromatic carbocycles. The lowest BCUT2D eigenvalue weighted by molar-refractivity contribution is -0.186. The summed E-state index contributed by atoms with van der Waals surface area (Å²) < 4.78 is 54.6. The normalized spacial score (nSPS) is 22.4. The fourth-order valence-corrected chi connectivity index (χ4v) is 5.42. The van der Waals surface area contributed by atoms with Gasteiger partial charge in [-0.2, -0.15) is 30.0 Å². The van der Waals surface area contributed by atoms with Crippen molar-refractivity contribution in [1.29, 1.82) is 0 Å². The van der Waals surface area contributed by atoms with E-state index in [0.29, 0.717) is 46.9 Å². The zero-order chi connectivity index (χ0) is 23.8. The van der Waals surface area contributed by atoms with E-state index >= 15 is 0 Å². The molecule has 0 aliphatic carbocycles. The Labute approximate surface area is 191 Å². The van der Waals surface area contributed by atoms with E-state index in [1.807, 2.05) is 0 Å². The minimum Gasteiger partial charge on any atom is -0.366 e. The monoisotopic (exact) mass is 483 g/mol. The van der Waals surface area contributed by atoms with Crippen molar-refractivity contribution < 1.29 is 27.2 Å². The molecule has 33 heavy (non-hydrogen) atoms. The lowest BCUT2D eigenvalue weighted by Crippen LogP contribution is -2.48. The molecule has 1 aromatic rings. The Morgan fingerprint density at radius 1 is 1.30 bits per heavy atom. The molecule has 3 aliphatic rings. The zero-order valence-corrected chi connectivity index (χ0v) is 18.2. The van der Waals surface area contributed by atoms with Gasteiger partial charge in [-0.3, -0.25) is 19.6 Å². The Morgan fingerprint density at radius 3 is 2.82 bits per heavy atom. The molecule has 2 atom stereocenters. The molecule has 3 aliphatic heterocycles. The highest BCUT2D eigenvalue weighted by Crippen LogP contribution is 2.40. The van der Waals surface area contributed by atoms with Crippen molar-refractivity contribution >= 4 is 41.1 Å². The van der Waals surface area contributed by atoms with Crippen LogP contribution in [0.15, 0.2) is 34.0 Å². The number of rotatable bonds is 6. The maximum atomic E-state index is 13.8. The number of carbonyl (C=O) groups excluding carboxylic acids is 2. The maximum absolute atomic E-state index is 13.8. The summed E-state index contributed by atoms with van der Waals surface area (Å²) in [7, 11) is 0. The van der Waals surface area contributed by atoms with Crippen LogP contribution >= 0.6 is 11.8 Å². The lowest BCUT2D eigenvalue weighted by atomic mass is 9.95. The summed E-state index contributed by atoms with van der Waals surface area (Å²) in [5, 5.41) is 7.49. The molecule has 2 unspecified atom stereocenters. The average molecular weight is 483 g/mol. The lowest BCUT2D eigenvalue weighted by Gasteiger charge is -2.28. The van der Waals surface area contributed by atoms with Gasteiger partial charge in [-0.15, -0.1) is 0 Å². The number of carbonyl (C=O) groups is 2. The van der Waals surface area contributed by atoms with Gasteiger partial charge in [0.25, 0.3) is 5.91 Å². The minimum atomic E-state index is -4.49. The Kier molecular flexibility index (Phi) is 6.46. The first-order valence-corrected chi connectivity index (χ1v) is 11.4.